The molecule has 1 aromatic carbocycles. The Kier molecular flexibility index (Phi) is 4.28. The Labute approximate surface area is 130 Å². The number of alkyl halides is 7. The molecular formula is C14H9F7O3. The van der Waals surface area contributed by atoms with E-state index in [0.717, 1.165) is 0 Å². The van der Waals surface area contributed by atoms with Gasteiger partial charge in [-0.3, -0.25) is 0 Å². The highest BCUT2D eigenvalue weighted by molar-refractivity contribution is 6.17. The predicted octanol–water partition coefficient (Wildman–Crippen LogP) is 3.88. The van der Waals surface area contributed by atoms with Gasteiger partial charge in [0.1, 0.15) is 19.1 Å². The first-order valence-corrected chi connectivity index (χ1v) is 6.34. The fourth-order valence-corrected chi connectivity index (χ4v) is 2.12. The van der Waals surface area contributed by atoms with Gasteiger partial charge in [0, 0.05) is 11.1 Å². The van der Waals surface area contributed by atoms with E-state index < -0.39 is 59.5 Å². The molecule has 1 heterocycles. The lowest BCUT2D eigenvalue weighted by molar-refractivity contribution is -0.289. The molecule has 1 aliphatic heterocycles. The van der Waals surface area contributed by atoms with Crippen LogP contribution in [0.5, 0.6) is 5.75 Å². The van der Waals surface area contributed by atoms with Crippen LogP contribution in [-0.2, 0) is 10.7 Å². The van der Waals surface area contributed by atoms with Crippen molar-refractivity contribution in [1.29, 1.82) is 0 Å². The van der Waals surface area contributed by atoms with Gasteiger partial charge < -0.3 is 9.84 Å². The van der Waals surface area contributed by atoms with Gasteiger partial charge in [-0.2, -0.15) is 22.0 Å². The summed E-state index contributed by atoms with van der Waals surface area (Å²) in [7, 11) is 0. The second-order valence-electron chi connectivity index (χ2n) is 5.08. The average Bonchev–Trinajstić information content (AvgIpc) is 2.51. The summed E-state index contributed by atoms with van der Waals surface area (Å²) in [4.78, 5) is 11.2. The van der Waals surface area contributed by atoms with Crippen LogP contribution < -0.4 is 4.74 Å². The van der Waals surface area contributed by atoms with Crippen molar-refractivity contribution < 1.29 is 45.4 Å². The summed E-state index contributed by atoms with van der Waals surface area (Å²) in [6.07, 6.45) is -5.38. The van der Waals surface area contributed by atoms with Gasteiger partial charge in [0.25, 0.3) is 0 Å². The van der Waals surface area contributed by atoms with Gasteiger partial charge in [0.2, 0.25) is 0 Å². The number of benzene rings is 1. The van der Waals surface area contributed by atoms with Crippen LogP contribution >= 0.6 is 0 Å². The summed E-state index contributed by atoms with van der Waals surface area (Å²) in [5.74, 6) is -7.49. The minimum Gasteiger partial charge on any atom is -0.478 e. The number of fused-ring (bicyclic) bond motifs is 1. The van der Waals surface area contributed by atoms with E-state index in [4.69, 9.17) is 9.84 Å². The Morgan fingerprint density at radius 1 is 1.12 bits per heavy atom. The zero-order chi connectivity index (χ0) is 18.3. The molecule has 1 aliphatic rings. The summed E-state index contributed by atoms with van der Waals surface area (Å²) in [5.41, 5.74) is -5.24. The maximum Gasteiger partial charge on any atom is 0.458 e. The van der Waals surface area contributed by atoms with Crippen LogP contribution in [0.2, 0.25) is 0 Å². The number of hydrogen-bond acceptors (Lipinski definition) is 2. The number of carboxylic acid groups (broad SMARTS) is 1. The van der Waals surface area contributed by atoms with Crippen LogP contribution in [-0.4, -0.2) is 36.2 Å². The minimum absolute atomic E-state index is 0.281. The van der Waals surface area contributed by atoms with E-state index in [2.05, 4.69) is 0 Å². The maximum atomic E-state index is 13.4. The van der Waals surface area contributed by atoms with Gasteiger partial charge in [-0.05, 0) is 24.3 Å². The molecule has 0 radical (unpaired) electrons. The van der Waals surface area contributed by atoms with Crippen molar-refractivity contribution in [3.8, 4) is 5.75 Å². The normalized spacial score (nSPS) is 16.9. The van der Waals surface area contributed by atoms with Gasteiger partial charge in [-0.15, -0.1) is 0 Å². The number of ether oxygens (including phenoxy) is 1. The molecule has 0 spiro atoms. The summed E-state index contributed by atoms with van der Waals surface area (Å²) in [6, 6.07) is 1.27. The number of carbonyl (C=O) groups is 1. The topological polar surface area (TPSA) is 46.5 Å². The van der Waals surface area contributed by atoms with Crippen molar-refractivity contribution in [3.05, 3.63) is 35.4 Å². The Hall–Kier alpha value is -2.26. The van der Waals surface area contributed by atoms with E-state index in [-0.39, 0.29) is 6.07 Å². The molecule has 0 fully saturated rings. The highest BCUT2D eigenvalue weighted by atomic mass is 19.4. The van der Waals surface area contributed by atoms with Gasteiger partial charge in [-0.25, -0.2) is 13.6 Å². The highest BCUT2D eigenvalue weighted by Gasteiger charge is 2.59. The van der Waals surface area contributed by atoms with Crippen molar-refractivity contribution in [2.75, 3.05) is 13.3 Å². The summed E-state index contributed by atoms with van der Waals surface area (Å²) >= 11 is 0. The third-order valence-corrected chi connectivity index (χ3v) is 3.39. The van der Waals surface area contributed by atoms with E-state index in [1.165, 1.54) is 0 Å². The molecule has 0 bridgehead atoms. The van der Waals surface area contributed by atoms with E-state index in [9.17, 15) is 35.5 Å². The van der Waals surface area contributed by atoms with Crippen molar-refractivity contribution in [1.82, 2.24) is 0 Å². The molecule has 1 aromatic rings. The predicted molar refractivity (Wildman–Crippen MR) is 67.3 cm³/mol. The van der Waals surface area contributed by atoms with Gasteiger partial charge in [0.15, 0.2) is 5.60 Å². The Bertz CT molecular complexity index is 690. The van der Waals surface area contributed by atoms with E-state index in [0.29, 0.717) is 18.2 Å². The first kappa shape index (κ1) is 18.1. The molecule has 0 aliphatic carbocycles. The molecule has 1 N–H and O–H groups in total. The number of halogens is 7. The molecule has 0 unspecified atom stereocenters. The monoisotopic (exact) mass is 358 g/mol. The first-order chi connectivity index (χ1) is 11.0. The molecule has 0 atom stereocenters. The van der Waals surface area contributed by atoms with E-state index in [1.807, 2.05) is 0 Å². The average molecular weight is 358 g/mol. The fourth-order valence-electron chi connectivity index (χ4n) is 2.12. The molecule has 10 heteroatoms. The van der Waals surface area contributed by atoms with Crippen LogP contribution in [0.25, 0.3) is 5.57 Å². The standard InChI is InChI=1S/C14H9F7O3/c15-5-12(6-16)4-9(11(22)23)8-3-7(1-2-10(8)24-12)13(17,18)14(19,20)21/h1-4H,5-6H2,(H,22,23). The van der Waals surface area contributed by atoms with Crippen molar-refractivity contribution in [2.24, 2.45) is 0 Å². The number of rotatable bonds is 4. The lowest BCUT2D eigenvalue weighted by Crippen LogP contribution is -2.42. The summed E-state index contributed by atoms with van der Waals surface area (Å²) < 4.78 is 95.0. The minimum atomic E-state index is -5.90. The van der Waals surface area contributed by atoms with Crippen LogP contribution in [0.1, 0.15) is 11.1 Å². The molecule has 0 saturated carbocycles. The quantitative estimate of drug-likeness (QED) is 0.831. The van der Waals surface area contributed by atoms with Crippen LogP contribution in [0.15, 0.2) is 24.3 Å². The molecular weight excluding hydrogens is 349 g/mol. The zero-order valence-electron chi connectivity index (χ0n) is 11.6. The number of aliphatic carboxylic acids is 1. The summed E-state index contributed by atoms with van der Waals surface area (Å²) in [6.45, 7) is -2.92. The van der Waals surface area contributed by atoms with Crippen molar-refractivity contribution in [2.45, 2.75) is 17.7 Å². The first-order valence-electron chi connectivity index (χ1n) is 6.34. The number of carboxylic acids is 1. The Morgan fingerprint density at radius 3 is 2.17 bits per heavy atom. The lowest BCUT2D eigenvalue weighted by atomic mass is 9.91. The molecule has 0 aromatic heterocycles. The third kappa shape index (κ3) is 2.80. The highest BCUT2D eigenvalue weighted by Crippen LogP contribution is 2.46. The fraction of sp³-hybridized carbons (Fsp3) is 0.357. The molecule has 3 nitrogen and oxygen atoms in total. The Morgan fingerprint density at radius 2 is 1.71 bits per heavy atom. The smallest absolute Gasteiger partial charge is 0.458 e. The molecule has 132 valence electrons. The van der Waals surface area contributed by atoms with Gasteiger partial charge >= 0.3 is 18.1 Å². The summed E-state index contributed by atoms with van der Waals surface area (Å²) in [5, 5.41) is 9.08. The second-order valence-corrected chi connectivity index (χ2v) is 5.08. The van der Waals surface area contributed by atoms with Crippen LogP contribution in [0.4, 0.5) is 30.7 Å². The molecule has 0 amide bonds. The molecule has 2 rings (SSSR count). The zero-order valence-corrected chi connectivity index (χ0v) is 11.6. The SMILES string of the molecule is O=C(O)C1=CC(CF)(CF)Oc2ccc(C(F)(F)C(F)(F)F)cc21. The lowest BCUT2D eigenvalue weighted by Gasteiger charge is -2.32. The van der Waals surface area contributed by atoms with E-state index >= 15 is 0 Å². The third-order valence-electron chi connectivity index (χ3n) is 3.39. The number of hydrogen-bond donors (Lipinski definition) is 1. The maximum absolute atomic E-state index is 13.4. The largest absolute Gasteiger partial charge is 0.478 e. The van der Waals surface area contributed by atoms with E-state index in [1.54, 1.807) is 0 Å². The molecule has 24 heavy (non-hydrogen) atoms. The van der Waals surface area contributed by atoms with Gasteiger partial charge in [0.05, 0.1) is 5.57 Å². The molecule has 0 saturated heterocycles. The Balaban J connectivity index is 2.63. The van der Waals surface area contributed by atoms with Crippen LogP contribution in [0.3, 0.4) is 0 Å². The van der Waals surface area contributed by atoms with Gasteiger partial charge in [-0.1, -0.05) is 0 Å². The second kappa shape index (κ2) is 5.67. The van der Waals surface area contributed by atoms with Crippen molar-refractivity contribution in [3.63, 3.8) is 0 Å². The van der Waals surface area contributed by atoms with Crippen LogP contribution in [0, 0.1) is 0 Å². The van der Waals surface area contributed by atoms with Crippen molar-refractivity contribution >= 4 is 11.5 Å².